The fourth-order valence-electron chi connectivity index (χ4n) is 13.8. The van der Waals surface area contributed by atoms with Crippen LogP contribution >= 0.6 is 11.8 Å². The lowest BCUT2D eigenvalue weighted by molar-refractivity contribution is -0.0948. The van der Waals surface area contributed by atoms with Gasteiger partial charge < -0.3 is 28.4 Å². The van der Waals surface area contributed by atoms with E-state index in [0.29, 0.717) is 46.9 Å². The number of methoxy groups -OCH3 is 2. The maximum atomic E-state index is 10.5. The first-order valence-electron chi connectivity index (χ1n) is 41.5. The zero-order valence-electron chi connectivity index (χ0n) is 72.0. The van der Waals surface area contributed by atoms with E-state index < -0.39 is 40.3 Å². The Morgan fingerprint density at radius 2 is 0.978 bits per heavy atom. The minimum atomic E-state index is -2.72. The van der Waals surface area contributed by atoms with Crippen molar-refractivity contribution < 1.29 is 49.3 Å². The van der Waals surface area contributed by atoms with Crippen molar-refractivity contribution >= 4 is 32.4 Å². The molecule has 1 spiro atoms. The highest BCUT2D eigenvalue weighted by atomic mass is 32.2. The van der Waals surface area contributed by atoms with Gasteiger partial charge in [-0.2, -0.15) is 11.8 Å². The molecule has 8 aliphatic rings. The van der Waals surface area contributed by atoms with Crippen molar-refractivity contribution in [1.82, 2.24) is 0 Å². The van der Waals surface area contributed by atoms with Gasteiger partial charge in [-0.15, -0.1) is 0 Å². The Balaban J connectivity index is 0. The Kier molecular flexibility index (Phi) is 50.4. The van der Waals surface area contributed by atoms with E-state index >= 15 is 0 Å². The van der Waals surface area contributed by atoms with E-state index in [2.05, 4.69) is 131 Å². The topological polar surface area (TPSA) is 107 Å². The van der Waals surface area contributed by atoms with E-state index in [-0.39, 0.29) is 6.10 Å². The van der Waals surface area contributed by atoms with E-state index in [9.17, 15) is 12.6 Å². The average Bonchev–Trinajstić information content (AvgIpc) is 1.76. The minimum Gasteiger partial charge on any atom is -0.381 e. The van der Waals surface area contributed by atoms with Gasteiger partial charge in [0, 0.05) is 89.4 Å². The zero-order valence-corrected chi connectivity index (χ0v) is 68.5. The number of ether oxygens (including phenoxy) is 6. The maximum Gasteiger partial charge on any atom is 0.147 e. The van der Waals surface area contributed by atoms with Crippen molar-refractivity contribution in [3.8, 4) is 0 Å². The first kappa shape index (κ1) is 83.9. The van der Waals surface area contributed by atoms with Gasteiger partial charge >= 0.3 is 0 Å². The van der Waals surface area contributed by atoms with Crippen LogP contribution in [0, 0.1) is 101 Å². The summed E-state index contributed by atoms with van der Waals surface area (Å²) in [5.41, 5.74) is -0.0234. The molecule has 0 aromatic heterocycles. The standard InChI is InChI=1S/C11H20O.C10H20O.C10H20.C9H18O.2C8H16O.C7H14O.C6H14O2S.C6H14OS.C6H14S/c1-9(2)6-10-7-11(8-10)4-3-5-12-11;1-8(2)5-9-6-10(3,7-9)11-4;1-9(2)8-10-6-4-3-5-7-10;1-7(2)4-8-5-9(6-8)10-3;1-7(2)8-3-5-9-6-4-8;1-7(2)5-8-3-4-9-6-8;1-6(2)7-3-4-8-5-7;1-6(2)4-5-9(3,7)8;1-6(2)4-5-8(3)7;1-6(2)4-5-7-3/h9-10H,3-8H2,1-2H3;8-9H,5-7H2,1-4H3;9-10H,3-8H2,1-2H3;7-9H,4-6H2,1-3H3;2*7-8H,3-6H2,1-2H3;6-7H,3-5H2,1-2H3;6H,4-5H2,1-3H3;6H,4-5H2,1-3H3;6H,4-5H2,1-3H3/i;4D3;;3D3;;;;;;. The van der Waals surface area contributed by atoms with Crippen molar-refractivity contribution in [2.24, 2.45) is 101 Å². The van der Waals surface area contributed by atoms with Gasteiger partial charge in [-0.25, -0.2) is 8.42 Å². The molecule has 3 unspecified atom stereocenters. The number of hydrogen-bond donors (Lipinski definition) is 0. The molecule has 4 saturated heterocycles. The highest BCUT2D eigenvalue weighted by Crippen LogP contribution is 2.49. The summed E-state index contributed by atoms with van der Waals surface area (Å²) in [5.74, 6) is 16.3. The SMILES string of the molecule is CC(C)C1CCOC1.CC(C)C1CCOCC1.CC(C)CC1CC2(CCCO2)C1.CC(C)CC1CCCCC1.CC(C)CC1CCOC1.CC(C)CCS(C)(=O)=O.CC(C)CCS(C)=O.CSCCC(C)C.[2H]C([2H])([2H])OC1(C)CC(CC(C)C)C1.[2H]C([2H])([2H])OC1CC(CC(C)C)C1. The van der Waals surface area contributed by atoms with Crippen LogP contribution in [0.4, 0.5) is 0 Å². The molecular formula is C81H166O9S3. The number of thioether (sulfide) groups is 1. The molecule has 0 amide bonds. The maximum absolute atomic E-state index is 10.5. The summed E-state index contributed by atoms with van der Waals surface area (Å²) in [6.07, 6.45) is 36.6. The summed E-state index contributed by atoms with van der Waals surface area (Å²) in [6.45, 7) is 53.5. The predicted molar refractivity (Wildman–Crippen MR) is 413 cm³/mol. The largest absolute Gasteiger partial charge is 0.381 e. The Labute approximate surface area is 598 Å². The van der Waals surface area contributed by atoms with E-state index in [4.69, 9.17) is 36.6 Å². The lowest BCUT2D eigenvalue weighted by atomic mass is 9.67. The van der Waals surface area contributed by atoms with Gasteiger partial charge in [0.15, 0.2) is 0 Å². The van der Waals surface area contributed by atoms with Crippen LogP contribution < -0.4 is 0 Å². The van der Waals surface area contributed by atoms with Crippen molar-refractivity contribution in [2.75, 3.05) is 96.3 Å². The van der Waals surface area contributed by atoms with Gasteiger partial charge in [-0.1, -0.05) is 171 Å². The minimum absolute atomic E-state index is 0.0174. The van der Waals surface area contributed by atoms with Crippen LogP contribution in [0.1, 0.15) is 314 Å². The fraction of sp³-hybridized carbons (Fsp3) is 1.00. The average molecular weight is 1390 g/mol. The Morgan fingerprint density at radius 1 is 0.516 bits per heavy atom. The summed E-state index contributed by atoms with van der Waals surface area (Å²) in [5, 5.41) is 0. The van der Waals surface area contributed by atoms with Crippen LogP contribution in [-0.4, -0.2) is 126 Å². The number of rotatable bonds is 23. The van der Waals surface area contributed by atoms with Crippen LogP contribution in [0.25, 0.3) is 0 Å². The second-order valence-corrected chi connectivity index (χ2v) is 39.0. The van der Waals surface area contributed by atoms with E-state index in [1.165, 1.54) is 134 Å². The van der Waals surface area contributed by atoms with Crippen LogP contribution in [0.5, 0.6) is 0 Å². The molecule has 4 heterocycles. The molecule has 4 saturated carbocycles. The molecule has 93 heavy (non-hydrogen) atoms. The third kappa shape index (κ3) is 56.5. The van der Waals surface area contributed by atoms with Gasteiger partial charge in [-0.3, -0.25) is 4.21 Å². The molecule has 9 nitrogen and oxygen atoms in total. The van der Waals surface area contributed by atoms with Gasteiger partial charge in [0.1, 0.15) is 9.84 Å². The van der Waals surface area contributed by atoms with Crippen molar-refractivity contribution in [2.45, 2.75) is 323 Å². The molecule has 12 heteroatoms. The van der Waals surface area contributed by atoms with Crippen molar-refractivity contribution in [1.29, 1.82) is 0 Å². The Bertz CT molecular complexity index is 1980. The monoisotopic (exact) mass is 1390 g/mol. The lowest BCUT2D eigenvalue weighted by Crippen LogP contribution is -2.43. The van der Waals surface area contributed by atoms with Crippen LogP contribution in [0.3, 0.4) is 0 Å². The highest BCUT2D eigenvalue weighted by molar-refractivity contribution is 7.98. The lowest BCUT2D eigenvalue weighted by Gasteiger charge is -2.45. The summed E-state index contributed by atoms with van der Waals surface area (Å²) < 4.78 is 105. The molecular weight excluding hydrogens is 1210 g/mol. The van der Waals surface area contributed by atoms with Crippen LogP contribution in [0.15, 0.2) is 0 Å². The van der Waals surface area contributed by atoms with Gasteiger partial charge in [0.05, 0.1) is 31.3 Å². The second-order valence-electron chi connectivity index (χ2n) is 34.2. The molecule has 0 radical (unpaired) electrons. The molecule has 0 bridgehead atoms. The first-order valence-corrected chi connectivity index (χ1v) is 43.7. The molecule has 8 rings (SSSR count). The summed E-state index contributed by atoms with van der Waals surface area (Å²) in [6, 6.07) is 0. The molecule has 4 aliphatic carbocycles. The summed E-state index contributed by atoms with van der Waals surface area (Å²) in [7, 11) is -7.74. The quantitative estimate of drug-likeness (QED) is 0.0982. The van der Waals surface area contributed by atoms with Gasteiger partial charge in [0.2, 0.25) is 0 Å². The zero-order chi connectivity index (χ0) is 76.2. The summed E-state index contributed by atoms with van der Waals surface area (Å²) in [4.78, 5) is 0. The highest BCUT2D eigenvalue weighted by Gasteiger charge is 2.47. The molecule has 3 atom stereocenters. The van der Waals surface area contributed by atoms with Gasteiger partial charge in [0.25, 0.3) is 0 Å². The molecule has 0 N–H and O–H groups in total. The molecule has 0 aromatic rings. The molecule has 0 aromatic carbocycles. The molecule has 4 aliphatic heterocycles. The molecule has 562 valence electrons. The first-order chi connectivity index (χ1) is 45.8. The van der Waals surface area contributed by atoms with Crippen LogP contribution in [-0.2, 0) is 49.1 Å². The van der Waals surface area contributed by atoms with Crippen molar-refractivity contribution in [3.05, 3.63) is 0 Å². The second kappa shape index (κ2) is 55.8. The third-order valence-corrected chi connectivity index (χ3v) is 21.8. The third-order valence-electron chi connectivity index (χ3n) is 19.4. The predicted octanol–water partition coefficient (Wildman–Crippen LogP) is 22.6. The Hall–Kier alpha value is 0.210. The molecule has 8 fully saturated rings. The van der Waals surface area contributed by atoms with E-state index in [1.807, 2.05) is 32.5 Å². The van der Waals surface area contributed by atoms with Crippen LogP contribution in [0.2, 0.25) is 0 Å². The van der Waals surface area contributed by atoms with E-state index in [1.54, 1.807) is 6.26 Å². The summed E-state index contributed by atoms with van der Waals surface area (Å²) >= 11 is 1.93. The Morgan fingerprint density at radius 3 is 1.32 bits per heavy atom. The van der Waals surface area contributed by atoms with Crippen molar-refractivity contribution in [3.63, 3.8) is 0 Å². The normalized spacial score (nSPS) is 27.4. The fourth-order valence-corrected chi connectivity index (χ4v) is 16.2. The number of sulfone groups is 1. The number of hydrogen-bond acceptors (Lipinski definition) is 10. The smallest absolute Gasteiger partial charge is 0.147 e. The van der Waals surface area contributed by atoms with Gasteiger partial charge in [-0.05, 0) is 248 Å². The van der Waals surface area contributed by atoms with E-state index in [0.717, 1.165) is 156 Å².